The van der Waals surface area contributed by atoms with Gasteiger partial charge in [-0.3, -0.25) is 0 Å². The van der Waals surface area contributed by atoms with Crippen LogP contribution in [0.3, 0.4) is 0 Å². The molecule has 3 rings (SSSR count). The first-order chi connectivity index (χ1) is 7.76. The van der Waals surface area contributed by atoms with Gasteiger partial charge in [-0.1, -0.05) is 6.42 Å². The fraction of sp³-hybridized carbons (Fsp3) is 0.923. The monoisotopic (exact) mass is 221 g/mol. The van der Waals surface area contributed by atoms with Gasteiger partial charge in [-0.05, 0) is 37.5 Å². The molecule has 5 unspecified atom stereocenters. The smallest absolute Gasteiger partial charge is 0.0866 e. The van der Waals surface area contributed by atoms with Crippen molar-refractivity contribution in [2.24, 2.45) is 23.2 Å². The summed E-state index contributed by atoms with van der Waals surface area (Å²) in [6, 6.07) is 2.48. The lowest BCUT2D eigenvalue weighted by atomic mass is 9.67. The Kier molecular flexibility index (Phi) is 2.45. The van der Waals surface area contributed by atoms with E-state index in [2.05, 4.69) is 6.07 Å². The van der Waals surface area contributed by atoms with Gasteiger partial charge in [0.25, 0.3) is 0 Å². The molecule has 5 atom stereocenters. The van der Waals surface area contributed by atoms with Crippen LogP contribution in [0.15, 0.2) is 0 Å². The molecule has 0 aromatic heterocycles. The van der Waals surface area contributed by atoms with Crippen molar-refractivity contribution in [3.05, 3.63) is 0 Å². The van der Waals surface area contributed by atoms with Crippen LogP contribution < -0.4 is 0 Å². The number of ether oxygens (including phenoxy) is 1. The molecule has 3 aliphatic rings. The molecule has 0 aromatic rings. The Bertz CT molecular complexity index is 318. The Labute approximate surface area is 96.4 Å². The van der Waals surface area contributed by atoms with Gasteiger partial charge in [0.05, 0.1) is 24.2 Å². The fourth-order valence-corrected chi connectivity index (χ4v) is 4.16. The molecule has 0 radical (unpaired) electrons. The highest BCUT2D eigenvalue weighted by Gasteiger charge is 2.57. The zero-order chi connectivity index (χ0) is 11.2. The normalized spacial score (nSPS) is 48.1. The van der Waals surface area contributed by atoms with Gasteiger partial charge in [0.1, 0.15) is 0 Å². The Morgan fingerprint density at radius 2 is 2.25 bits per heavy atom. The predicted octanol–water partition coefficient (Wildman–Crippen LogP) is 1.71. The summed E-state index contributed by atoms with van der Waals surface area (Å²) < 4.78 is 5.34. The first kappa shape index (κ1) is 10.6. The van der Waals surface area contributed by atoms with Crippen LogP contribution >= 0.6 is 0 Å². The maximum atomic E-state index is 10.5. The van der Waals surface area contributed by atoms with Crippen molar-refractivity contribution >= 4 is 0 Å². The minimum atomic E-state index is -0.463. The molecule has 3 heteroatoms. The molecule has 2 bridgehead atoms. The van der Waals surface area contributed by atoms with Crippen LogP contribution in [0.25, 0.3) is 0 Å². The van der Waals surface area contributed by atoms with Gasteiger partial charge in [0.15, 0.2) is 0 Å². The van der Waals surface area contributed by atoms with Crippen molar-refractivity contribution in [2.75, 3.05) is 13.2 Å². The SMILES string of the molecule is N#CC1(C(O)C2CCOC2)CC2CCC1C2. The first-order valence-corrected chi connectivity index (χ1v) is 6.43. The molecular formula is C13H19NO2. The summed E-state index contributed by atoms with van der Waals surface area (Å²) in [5, 5.41) is 20.0. The van der Waals surface area contributed by atoms with Gasteiger partial charge in [-0.2, -0.15) is 5.26 Å². The Morgan fingerprint density at radius 1 is 1.38 bits per heavy atom. The quantitative estimate of drug-likeness (QED) is 0.772. The number of hydrogen-bond acceptors (Lipinski definition) is 3. The molecule has 3 fully saturated rings. The van der Waals surface area contributed by atoms with Crippen LogP contribution in [0.1, 0.15) is 32.1 Å². The molecule has 88 valence electrons. The summed E-state index contributed by atoms with van der Waals surface area (Å²) in [5.74, 6) is 1.33. The van der Waals surface area contributed by atoms with Crippen LogP contribution in [0.5, 0.6) is 0 Å². The zero-order valence-corrected chi connectivity index (χ0v) is 9.56. The van der Waals surface area contributed by atoms with E-state index in [1.807, 2.05) is 0 Å². The Morgan fingerprint density at radius 3 is 2.75 bits per heavy atom. The summed E-state index contributed by atoms with van der Waals surface area (Å²) in [7, 11) is 0. The van der Waals surface area contributed by atoms with Crippen molar-refractivity contribution in [3.63, 3.8) is 0 Å². The minimum absolute atomic E-state index is 0.194. The second-order valence-electron chi connectivity index (χ2n) is 5.80. The van der Waals surface area contributed by atoms with Crippen molar-refractivity contribution in [1.29, 1.82) is 5.26 Å². The molecule has 2 aliphatic carbocycles. The van der Waals surface area contributed by atoms with Gasteiger partial charge in [-0.15, -0.1) is 0 Å². The average molecular weight is 221 g/mol. The van der Waals surface area contributed by atoms with Gasteiger partial charge in [0, 0.05) is 12.5 Å². The molecule has 0 amide bonds. The van der Waals surface area contributed by atoms with Crippen molar-refractivity contribution in [3.8, 4) is 6.07 Å². The highest BCUT2D eigenvalue weighted by molar-refractivity contribution is 5.16. The largest absolute Gasteiger partial charge is 0.391 e. The lowest BCUT2D eigenvalue weighted by Gasteiger charge is -2.37. The van der Waals surface area contributed by atoms with Crippen molar-refractivity contribution in [1.82, 2.24) is 0 Å². The van der Waals surface area contributed by atoms with E-state index >= 15 is 0 Å². The Balaban J connectivity index is 1.82. The number of rotatable bonds is 2. The lowest BCUT2D eigenvalue weighted by Crippen LogP contribution is -2.43. The number of aliphatic hydroxyl groups is 1. The second-order valence-corrected chi connectivity index (χ2v) is 5.80. The maximum absolute atomic E-state index is 10.5. The third-order valence-electron chi connectivity index (χ3n) is 5.04. The number of nitrogens with zero attached hydrogens (tertiary/aromatic N) is 1. The van der Waals surface area contributed by atoms with E-state index in [9.17, 15) is 10.4 Å². The number of fused-ring (bicyclic) bond motifs is 2. The van der Waals surface area contributed by atoms with E-state index in [1.165, 1.54) is 6.42 Å². The van der Waals surface area contributed by atoms with E-state index in [1.54, 1.807) is 0 Å². The molecule has 1 aliphatic heterocycles. The molecule has 0 spiro atoms. The summed E-state index contributed by atoms with van der Waals surface area (Å²) in [5.41, 5.74) is -0.443. The summed E-state index contributed by atoms with van der Waals surface area (Å²) >= 11 is 0. The van der Waals surface area contributed by atoms with Crippen molar-refractivity contribution < 1.29 is 9.84 Å². The van der Waals surface area contributed by atoms with Gasteiger partial charge < -0.3 is 9.84 Å². The van der Waals surface area contributed by atoms with Crippen LogP contribution in [-0.2, 0) is 4.74 Å². The van der Waals surface area contributed by atoms with E-state index in [0.717, 1.165) is 32.3 Å². The fourth-order valence-electron chi connectivity index (χ4n) is 4.16. The lowest BCUT2D eigenvalue weighted by molar-refractivity contribution is -0.0201. The molecule has 1 heterocycles. The number of nitriles is 1. The van der Waals surface area contributed by atoms with E-state index in [-0.39, 0.29) is 5.92 Å². The highest BCUT2D eigenvalue weighted by atomic mass is 16.5. The third kappa shape index (κ3) is 1.33. The van der Waals surface area contributed by atoms with Gasteiger partial charge in [0.2, 0.25) is 0 Å². The van der Waals surface area contributed by atoms with Crippen LogP contribution in [0.2, 0.25) is 0 Å². The topological polar surface area (TPSA) is 53.2 Å². The van der Waals surface area contributed by atoms with E-state index in [4.69, 9.17) is 4.74 Å². The summed E-state index contributed by atoms with van der Waals surface area (Å²) in [4.78, 5) is 0. The summed E-state index contributed by atoms with van der Waals surface area (Å²) in [6.07, 6.45) is 4.95. The maximum Gasteiger partial charge on any atom is 0.0866 e. The molecular weight excluding hydrogens is 202 g/mol. The molecule has 0 aromatic carbocycles. The Hall–Kier alpha value is -0.590. The standard InChI is InChI=1S/C13H19NO2/c14-8-13(6-9-1-2-11(13)5-9)12(15)10-3-4-16-7-10/h9-12,15H,1-7H2. The minimum Gasteiger partial charge on any atom is -0.391 e. The van der Waals surface area contributed by atoms with Gasteiger partial charge >= 0.3 is 0 Å². The molecule has 1 N–H and O–H groups in total. The molecule has 16 heavy (non-hydrogen) atoms. The molecule has 1 saturated heterocycles. The summed E-state index contributed by atoms with van der Waals surface area (Å²) in [6.45, 7) is 1.39. The van der Waals surface area contributed by atoms with Crippen LogP contribution in [-0.4, -0.2) is 24.4 Å². The highest BCUT2D eigenvalue weighted by Crippen LogP contribution is 2.58. The zero-order valence-electron chi connectivity index (χ0n) is 9.56. The van der Waals surface area contributed by atoms with Gasteiger partial charge in [-0.25, -0.2) is 0 Å². The van der Waals surface area contributed by atoms with Crippen LogP contribution in [0, 0.1) is 34.5 Å². The predicted molar refractivity (Wildman–Crippen MR) is 58.4 cm³/mol. The number of aliphatic hydroxyl groups excluding tert-OH is 1. The van der Waals surface area contributed by atoms with E-state index in [0.29, 0.717) is 18.4 Å². The van der Waals surface area contributed by atoms with Crippen LogP contribution in [0.4, 0.5) is 0 Å². The third-order valence-corrected chi connectivity index (χ3v) is 5.04. The van der Waals surface area contributed by atoms with Crippen molar-refractivity contribution in [2.45, 2.75) is 38.2 Å². The first-order valence-electron chi connectivity index (χ1n) is 6.43. The average Bonchev–Trinajstić information content (AvgIpc) is 3.03. The number of hydrogen-bond donors (Lipinski definition) is 1. The second kappa shape index (κ2) is 3.72. The molecule has 3 nitrogen and oxygen atoms in total. The molecule has 2 saturated carbocycles. The van der Waals surface area contributed by atoms with E-state index < -0.39 is 11.5 Å².